The number of nitrogens with one attached hydrogen (secondary N) is 1. The van der Waals surface area contributed by atoms with E-state index in [9.17, 15) is 4.79 Å². The Bertz CT molecular complexity index is 763. The molecule has 3 aromatic rings. The van der Waals surface area contributed by atoms with E-state index in [0.717, 1.165) is 5.69 Å². The molecule has 0 aliphatic carbocycles. The number of hydrogen-bond acceptors (Lipinski definition) is 6. The lowest BCUT2D eigenvalue weighted by Crippen LogP contribution is -2.11. The minimum Gasteiger partial charge on any atom is -0.375 e. The lowest BCUT2D eigenvalue weighted by Gasteiger charge is -2.05. The SMILES string of the molecule is Cc1nc(N)sc1C(=O)Nc1ccc(-n2cncn2)cc1. The number of hydrogen-bond donors (Lipinski definition) is 2. The van der Waals surface area contributed by atoms with Gasteiger partial charge >= 0.3 is 0 Å². The zero-order valence-electron chi connectivity index (χ0n) is 11.1. The molecule has 1 amide bonds. The highest BCUT2D eigenvalue weighted by molar-refractivity contribution is 7.17. The van der Waals surface area contributed by atoms with Gasteiger partial charge in [0.1, 0.15) is 17.5 Å². The van der Waals surface area contributed by atoms with Gasteiger partial charge in [-0.25, -0.2) is 14.6 Å². The van der Waals surface area contributed by atoms with Crippen LogP contribution in [0.4, 0.5) is 10.8 Å². The topological polar surface area (TPSA) is 98.7 Å². The first kappa shape index (κ1) is 13.3. The van der Waals surface area contributed by atoms with Crippen LogP contribution >= 0.6 is 11.3 Å². The monoisotopic (exact) mass is 300 g/mol. The van der Waals surface area contributed by atoms with Crippen molar-refractivity contribution in [2.45, 2.75) is 6.92 Å². The van der Waals surface area contributed by atoms with Gasteiger partial charge in [-0.2, -0.15) is 5.10 Å². The molecule has 1 aromatic carbocycles. The van der Waals surface area contributed by atoms with Crippen LogP contribution < -0.4 is 11.1 Å². The number of nitrogens with zero attached hydrogens (tertiary/aromatic N) is 4. The van der Waals surface area contributed by atoms with Gasteiger partial charge in [0, 0.05) is 5.69 Å². The number of carbonyl (C=O) groups excluding carboxylic acids is 1. The Balaban J connectivity index is 1.76. The van der Waals surface area contributed by atoms with Crippen molar-refractivity contribution in [3.05, 3.63) is 47.5 Å². The maximum Gasteiger partial charge on any atom is 0.267 e. The van der Waals surface area contributed by atoms with Gasteiger partial charge in [0.15, 0.2) is 5.13 Å². The number of aryl methyl sites for hydroxylation is 1. The molecule has 2 heterocycles. The van der Waals surface area contributed by atoms with Gasteiger partial charge in [-0.05, 0) is 31.2 Å². The van der Waals surface area contributed by atoms with Crippen molar-refractivity contribution in [3.63, 3.8) is 0 Å². The Morgan fingerprint density at radius 1 is 1.33 bits per heavy atom. The first-order valence-corrected chi connectivity index (χ1v) is 6.94. The Labute approximate surface area is 124 Å². The van der Waals surface area contributed by atoms with Crippen LogP contribution in [0.25, 0.3) is 5.69 Å². The van der Waals surface area contributed by atoms with E-state index < -0.39 is 0 Å². The minimum absolute atomic E-state index is 0.213. The summed E-state index contributed by atoms with van der Waals surface area (Å²) in [6.07, 6.45) is 3.07. The smallest absolute Gasteiger partial charge is 0.267 e. The molecule has 0 aliphatic rings. The lowest BCUT2D eigenvalue weighted by atomic mass is 10.2. The number of rotatable bonds is 3. The largest absolute Gasteiger partial charge is 0.375 e. The fourth-order valence-electron chi connectivity index (χ4n) is 1.85. The zero-order valence-corrected chi connectivity index (χ0v) is 12.0. The summed E-state index contributed by atoms with van der Waals surface area (Å²) < 4.78 is 1.64. The zero-order chi connectivity index (χ0) is 14.8. The average Bonchev–Trinajstić information content (AvgIpc) is 3.09. The van der Waals surface area contributed by atoms with E-state index in [2.05, 4.69) is 20.4 Å². The van der Waals surface area contributed by atoms with Gasteiger partial charge in [0.25, 0.3) is 5.91 Å². The first-order valence-electron chi connectivity index (χ1n) is 6.13. The van der Waals surface area contributed by atoms with Crippen molar-refractivity contribution >= 4 is 28.1 Å². The fourth-order valence-corrected chi connectivity index (χ4v) is 2.58. The van der Waals surface area contributed by atoms with Crippen molar-refractivity contribution in [1.82, 2.24) is 19.7 Å². The summed E-state index contributed by atoms with van der Waals surface area (Å²) in [5, 5.41) is 7.24. The Kier molecular flexibility index (Phi) is 3.36. The van der Waals surface area contributed by atoms with Gasteiger partial charge in [-0.15, -0.1) is 0 Å². The summed E-state index contributed by atoms with van der Waals surface area (Å²) in [6, 6.07) is 7.29. The lowest BCUT2D eigenvalue weighted by molar-refractivity contribution is 0.103. The second kappa shape index (κ2) is 5.33. The number of anilines is 2. The highest BCUT2D eigenvalue weighted by Crippen LogP contribution is 2.21. The van der Waals surface area contributed by atoms with E-state index in [0.29, 0.717) is 21.4 Å². The van der Waals surface area contributed by atoms with Crippen LogP contribution in [0.5, 0.6) is 0 Å². The maximum atomic E-state index is 12.1. The van der Waals surface area contributed by atoms with Crippen molar-refractivity contribution in [2.24, 2.45) is 0 Å². The molecule has 21 heavy (non-hydrogen) atoms. The number of aromatic nitrogens is 4. The summed E-state index contributed by atoms with van der Waals surface area (Å²) in [5.74, 6) is -0.213. The highest BCUT2D eigenvalue weighted by Gasteiger charge is 2.14. The summed E-state index contributed by atoms with van der Waals surface area (Å²) in [6.45, 7) is 1.76. The predicted octanol–water partition coefficient (Wildman–Crippen LogP) is 1.87. The van der Waals surface area contributed by atoms with Crippen LogP contribution in [0, 0.1) is 6.92 Å². The van der Waals surface area contributed by atoms with Gasteiger partial charge in [-0.3, -0.25) is 4.79 Å². The standard InChI is InChI=1S/C13H12N6OS/c1-8-11(21-13(14)17-8)12(20)18-9-2-4-10(5-3-9)19-7-15-6-16-19/h2-7H,1H3,(H2,14,17)(H,18,20). The van der Waals surface area contributed by atoms with E-state index in [1.807, 2.05) is 12.1 Å². The second-order valence-corrected chi connectivity index (χ2v) is 5.34. The molecule has 0 saturated heterocycles. The van der Waals surface area contributed by atoms with Crippen LogP contribution in [0.3, 0.4) is 0 Å². The molecule has 106 valence electrons. The third-order valence-electron chi connectivity index (χ3n) is 2.83. The molecule has 0 unspecified atom stereocenters. The first-order chi connectivity index (χ1) is 10.1. The number of nitrogen functional groups attached to an aromatic ring is 1. The molecule has 8 heteroatoms. The van der Waals surface area contributed by atoms with Crippen molar-refractivity contribution in [1.29, 1.82) is 0 Å². The molecular formula is C13H12N6OS. The second-order valence-electron chi connectivity index (χ2n) is 4.31. The average molecular weight is 300 g/mol. The van der Waals surface area contributed by atoms with E-state index in [1.165, 1.54) is 17.7 Å². The quantitative estimate of drug-likeness (QED) is 0.769. The fraction of sp³-hybridized carbons (Fsp3) is 0.0769. The van der Waals surface area contributed by atoms with Gasteiger partial charge in [-0.1, -0.05) is 11.3 Å². The number of nitrogens with two attached hydrogens (primary N) is 1. The molecule has 0 aliphatic heterocycles. The van der Waals surface area contributed by atoms with Gasteiger partial charge < -0.3 is 11.1 Å². The van der Waals surface area contributed by atoms with Crippen LogP contribution in [-0.4, -0.2) is 25.7 Å². The highest BCUT2D eigenvalue weighted by atomic mass is 32.1. The Morgan fingerprint density at radius 2 is 2.10 bits per heavy atom. The molecule has 0 spiro atoms. The minimum atomic E-state index is -0.213. The molecule has 0 fully saturated rings. The van der Waals surface area contributed by atoms with E-state index >= 15 is 0 Å². The van der Waals surface area contributed by atoms with Crippen molar-refractivity contribution < 1.29 is 4.79 Å². The van der Waals surface area contributed by atoms with E-state index in [1.54, 1.807) is 30.1 Å². The van der Waals surface area contributed by atoms with Crippen LogP contribution in [0.2, 0.25) is 0 Å². The van der Waals surface area contributed by atoms with Crippen LogP contribution in [-0.2, 0) is 0 Å². The molecule has 0 bridgehead atoms. The van der Waals surface area contributed by atoms with Gasteiger partial charge in [0.2, 0.25) is 0 Å². The molecule has 2 aromatic heterocycles. The molecule has 0 radical (unpaired) electrons. The summed E-state index contributed by atoms with van der Waals surface area (Å²) in [5.41, 5.74) is 7.78. The molecular weight excluding hydrogens is 288 g/mol. The van der Waals surface area contributed by atoms with E-state index in [4.69, 9.17) is 5.73 Å². The number of thiazole rings is 1. The number of amides is 1. The normalized spacial score (nSPS) is 10.5. The summed E-state index contributed by atoms with van der Waals surface area (Å²) >= 11 is 1.18. The van der Waals surface area contributed by atoms with Gasteiger partial charge in [0.05, 0.1) is 11.4 Å². The van der Waals surface area contributed by atoms with Crippen molar-refractivity contribution in [2.75, 3.05) is 11.1 Å². The van der Waals surface area contributed by atoms with Crippen molar-refractivity contribution in [3.8, 4) is 5.69 Å². The van der Waals surface area contributed by atoms with Crippen LogP contribution in [0.15, 0.2) is 36.9 Å². The summed E-state index contributed by atoms with van der Waals surface area (Å²) in [4.78, 5) is 20.6. The third kappa shape index (κ3) is 2.75. The molecule has 3 N–H and O–H groups in total. The Hall–Kier alpha value is -2.74. The molecule has 7 nitrogen and oxygen atoms in total. The van der Waals surface area contributed by atoms with Crippen LogP contribution in [0.1, 0.15) is 15.4 Å². The summed E-state index contributed by atoms with van der Waals surface area (Å²) in [7, 11) is 0. The number of carbonyl (C=O) groups is 1. The Morgan fingerprint density at radius 3 is 2.67 bits per heavy atom. The third-order valence-corrected chi connectivity index (χ3v) is 3.81. The molecule has 0 saturated carbocycles. The maximum absolute atomic E-state index is 12.1. The predicted molar refractivity (Wildman–Crippen MR) is 80.6 cm³/mol. The molecule has 0 atom stereocenters. The van der Waals surface area contributed by atoms with E-state index in [-0.39, 0.29) is 5.91 Å². The molecule has 3 rings (SSSR count). The number of benzene rings is 1.